The van der Waals surface area contributed by atoms with Crippen molar-refractivity contribution in [3.05, 3.63) is 29.8 Å². The molecule has 5 heteroatoms. The first-order valence-corrected chi connectivity index (χ1v) is 9.47. The standard InChI is InChI=1S/C20H26N2O3/c23-19(22-9-10-25-18-4-2-1-3-16(18)13-22)7-8-21-20(24)17-12-14-5-6-15(17)11-14/h1-4,14-15,17H,5-13H2,(H,21,24)/t14-,15-,17-/m0/s1. The molecule has 4 rings (SSSR count). The number of carbonyl (C=O) groups excluding carboxylic acids is 2. The van der Waals surface area contributed by atoms with Gasteiger partial charge in [0.1, 0.15) is 12.4 Å². The van der Waals surface area contributed by atoms with Gasteiger partial charge in [-0.3, -0.25) is 9.59 Å². The molecule has 25 heavy (non-hydrogen) atoms. The number of hydrogen-bond acceptors (Lipinski definition) is 3. The van der Waals surface area contributed by atoms with E-state index in [1.54, 1.807) is 0 Å². The van der Waals surface area contributed by atoms with Gasteiger partial charge in [0.25, 0.3) is 0 Å². The van der Waals surface area contributed by atoms with E-state index in [9.17, 15) is 9.59 Å². The van der Waals surface area contributed by atoms with Crippen LogP contribution in [0, 0.1) is 17.8 Å². The number of fused-ring (bicyclic) bond motifs is 3. The summed E-state index contributed by atoms with van der Waals surface area (Å²) in [7, 11) is 0. The van der Waals surface area contributed by atoms with Crippen LogP contribution in [-0.4, -0.2) is 36.4 Å². The van der Waals surface area contributed by atoms with Gasteiger partial charge in [-0.05, 0) is 37.2 Å². The van der Waals surface area contributed by atoms with Crippen molar-refractivity contribution in [3.63, 3.8) is 0 Å². The molecular weight excluding hydrogens is 316 g/mol. The Morgan fingerprint density at radius 3 is 2.88 bits per heavy atom. The summed E-state index contributed by atoms with van der Waals surface area (Å²) < 4.78 is 5.70. The van der Waals surface area contributed by atoms with Crippen LogP contribution in [-0.2, 0) is 16.1 Å². The molecule has 1 aromatic carbocycles. The number of nitrogens with zero attached hydrogens (tertiary/aromatic N) is 1. The molecule has 5 nitrogen and oxygen atoms in total. The average molecular weight is 342 g/mol. The Morgan fingerprint density at radius 2 is 2.08 bits per heavy atom. The van der Waals surface area contributed by atoms with Crippen molar-refractivity contribution in [1.82, 2.24) is 10.2 Å². The molecule has 2 bridgehead atoms. The quantitative estimate of drug-likeness (QED) is 0.914. The molecule has 2 amide bonds. The molecular formula is C20H26N2O3. The summed E-state index contributed by atoms with van der Waals surface area (Å²) in [5.74, 6) is 2.63. The lowest BCUT2D eigenvalue weighted by Crippen LogP contribution is -2.38. The molecule has 1 aliphatic heterocycles. The van der Waals surface area contributed by atoms with Crippen molar-refractivity contribution in [1.29, 1.82) is 0 Å². The minimum Gasteiger partial charge on any atom is -0.491 e. The molecule has 0 aromatic heterocycles. The predicted octanol–water partition coefficient (Wildman–Crippen LogP) is 2.35. The number of rotatable bonds is 4. The van der Waals surface area contributed by atoms with Crippen LogP contribution in [0.3, 0.4) is 0 Å². The first-order chi connectivity index (χ1) is 12.2. The van der Waals surface area contributed by atoms with Crippen LogP contribution in [0.1, 0.15) is 37.7 Å². The van der Waals surface area contributed by atoms with Gasteiger partial charge in [-0.2, -0.15) is 0 Å². The SMILES string of the molecule is O=C(NCCC(=O)N1CCOc2ccccc2C1)[C@H]1C[C@H]2CC[C@H]1C2. The molecule has 3 atom stereocenters. The second-order valence-electron chi connectivity index (χ2n) is 7.59. The highest BCUT2D eigenvalue weighted by atomic mass is 16.5. The summed E-state index contributed by atoms with van der Waals surface area (Å²) in [4.78, 5) is 26.7. The smallest absolute Gasteiger partial charge is 0.224 e. The summed E-state index contributed by atoms with van der Waals surface area (Å²) in [6.45, 7) is 2.12. The zero-order valence-corrected chi connectivity index (χ0v) is 14.6. The molecule has 0 saturated heterocycles. The molecule has 0 radical (unpaired) electrons. The van der Waals surface area contributed by atoms with Crippen molar-refractivity contribution >= 4 is 11.8 Å². The van der Waals surface area contributed by atoms with E-state index in [-0.39, 0.29) is 17.7 Å². The Balaban J connectivity index is 1.26. The number of ether oxygens (including phenoxy) is 1. The number of benzene rings is 1. The lowest BCUT2D eigenvalue weighted by molar-refractivity contribution is -0.132. The van der Waals surface area contributed by atoms with Gasteiger partial charge in [-0.15, -0.1) is 0 Å². The molecule has 2 saturated carbocycles. The minimum absolute atomic E-state index is 0.0774. The third kappa shape index (κ3) is 3.51. The van der Waals surface area contributed by atoms with E-state index in [2.05, 4.69) is 5.32 Å². The first kappa shape index (κ1) is 16.4. The molecule has 1 heterocycles. The maximum absolute atomic E-state index is 12.5. The highest BCUT2D eigenvalue weighted by molar-refractivity contribution is 5.81. The Kier molecular flexibility index (Phi) is 4.64. The predicted molar refractivity (Wildman–Crippen MR) is 93.9 cm³/mol. The molecule has 134 valence electrons. The van der Waals surface area contributed by atoms with Crippen LogP contribution in [0.4, 0.5) is 0 Å². The highest BCUT2D eigenvalue weighted by Crippen LogP contribution is 2.48. The van der Waals surface area contributed by atoms with E-state index in [0.29, 0.717) is 38.6 Å². The lowest BCUT2D eigenvalue weighted by atomic mass is 9.88. The van der Waals surface area contributed by atoms with Gasteiger partial charge in [0.15, 0.2) is 0 Å². The van der Waals surface area contributed by atoms with Gasteiger partial charge in [-0.25, -0.2) is 0 Å². The highest BCUT2D eigenvalue weighted by Gasteiger charge is 2.42. The van der Waals surface area contributed by atoms with E-state index in [1.807, 2.05) is 29.2 Å². The molecule has 0 spiro atoms. The van der Waals surface area contributed by atoms with Crippen LogP contribution in [0.15, 0.2) is 24.3 Å². The summed E-state index contributed by atoms with van der Waals surface area (Å²) in [6.07, 6.45) is 5.13. The third-order valence-corrected chi connectivity index (χ3v) is 6.02. The van der Waals surface area contributed by atoms with Crippen LogP contribution in [0.25, 0.3) is 0 Å². The summed E-state index contributed by atoms with van der Waals surface area (Å²) in [6, 6.07) is 7.85. The number of hydrogen-bond donors (Lipinski definition) is 1. The molecule has 1 N–H and O–H groups in total. The lowest BCUT2D eigenvalue weighted by Gasteiger charge is -2.22. The van der Waals surface area contributed by atoms with Gasteiger partial charge >= 0.3 is 0 Å². The second kappa shape index (κ2) is 7.06. The van der Waals surface area contributed by atoms with Crippen molar-refractivity contribution < 1.29 is 14.3 Å². The Labute approximate surface area is 148 Å². The van der Waals surface area contributed by atoms with E-state index in [1.165, 1.54) is 19.3 Å². The molecule has 2 aliphatic carbocycles. The molecule has 2 fully saturated rings. The maximum Gasteiger partial charge on any atom is 0.224 e. The average Bonchev–Trinajstić information content (AvgIpc) is 3.18. The number of para-hydroxylation sites is 1. The summed E-state index contributed by atoms with van der Waals surface area (Å²) >= 11 is 0. The zero-order valence-electron chi connectivity index (χ0n) is 14.6. The van der Waals surface area contributed by atoms with Crippen LogP contribution >= 0.6 is 0 Å². The van der Waals surface area contributed by atoms with E-state index in [0.717, 1.165) is 23.7 Å². The van der Waals surface area contributed by atoms with Gasteiger partial charge in [0, 0.05) is 31.0 Å². The maximum atomic E-state index is 12.5. The molecule has 3 aliphatic rings. The van der Waals surface area contributed by atoms with E-state index < -0.39 is 0 Å². The molecule has 1 aromatic rings. The van der Waals surface area contributed by atoms with Gasteiger partial charge in [-0.1, -0.05) is 24.6 Å². The van der Waals surface area contributed by atoms with Gasteiger partial charge in [0.2, 0.25) is 11.8 Å². The van der Waals surface area contributed by atoms with Crippen molar-refractivity contribution in [2.24, 2.45) is 17.8 Å². The van der Waals surface area contributed by atoms with Crippen LogP contribution in [0.2, 0.25) is 0 Å². The second-order valence-corrected chi connectivity index (χ2v) is 7.59. The Morgan fingerprint density at radius 1 is 1.20 bits per heavy atom. The first-order valence-electron chi connectivity index (χ1n) is 9.47. The van der Waals surface area contributed by atoms with Gasteiger partial charge < -0.3 is 15.0 Å². The Hall–Kier alpha value is -2.04. The number of nitrogens with one attached hydrogen (secondary N) is 1. The van der Waals surface area contributed by atoms with E-state index in [4.69, 9.17) is 4.74 Å². The van der Waals surface area contributed by atoms with Crippen molar-refractivity contribution in [3.8, 4) is 5.75 Å². The normalized spacial score (nSPS) is 27.4. The minimum atomic E-state index is 0.0774. The van der Waals surface area contributed by atoms with Crippen molar-refractivity contribution in [2.45, 2.75) is 38.6 Å². The number of carbonyl (C=O) groups is 2. The van der Waals surface area contributed by atoms with E-state index >= 15 is 0 Å². The largest absolute Gasteiger partial charge is 0.491 e. The zero-order chi connectivity index (χ0) is 17.2. The fourth-order valence-electron chi connectivity index (χ4n) is 4.69. The van der Waals surface area contributed by atoms with Crippen molar-refractivity contribution in [2.75, 3.05) is 19.7 Å². The Bertz CT molecular complexity index is 660. The topological polar surface area (TPSA) is 58.6 Å². The fraction of sp³-hybridized carbons (Fsp3) is 0.600. The summed E-state index contributed by atoms with van der Waals surface area (Å²) in [5.41, 5.74) is 1.04. The summed E-state index contributed by atoms with van der Waals surface area (Å²) in [5, 5.41) is 3.00. The van der Waals surface area contributed by atoms with Gasteiger partial charge in [0.05, 0.1) is 6.54 Å². The van der Waals surface area contributed by atoms with Crippen LogP contribution < -0.4 is 10.1 Å². The number of amides is 2. The fourth-order valence-corrected chi connectivity index (χ4v) is 4.69. The molecule has 0 unspecified atom stereocenters. The van der Waals surface area contributed by atoms with Crippen LogP contribution in [0.5, 0.6) is 5.75 Å². The third-order valence-electron chi connectivity index (χ3n) is 6.02. The monoisotopic (exact) mass is 342 g/mol.